The lowest BCUT2D eigenvalue weighted by molar-refractivity contribution is -0.384. The van der Waals surface area contributed by atoms with Gasteiger partial charge in [-0.2, -0.15) is 0 Å². The first-order valence-electron chi connectivity index (χ1n) is 6.42. The van der Waals surface area contributed by atoms with E-state index in [0.29, 0.717) is 19.5 Å². The molecule has 2 N–H and O–H groups in total. The lowest BCUT2D eigenvalue weighted by Gasteiger charge is -2.19. The first kappa shape index (κ1) is 16.1. The summed E-state index contributed by atoms with van der Waals surface area (Å²) in [7, 11) is 0. The van der Waals surface area contributed by atoms with Crippen molar-refractivity contribution in [2.45, 2.75) is 33.7 Å². The summed E-state index contributed by atoms with van der Waals surface area (Å²) in [5.74, 6) is -0.814. The molecule has 20 heavy (non-hydrogen) atoms. The molecule has 0 aliphatic heterocycles. The predicted molar refractivity (Wildman–Crippen MR) is 75.6 cm³/mol. The molecule has 0 spiro atoms. The van der Waals surface area contributed by atoms with Crippen LogP contribution in [0, 0.1) is 22.5 Å². The van der Waals surface area contributed by atoms with Gasteiger partial charge in [-0.15, -0.1) is 0 Å². The molecule has 0 radical (unpaired) electrons. The fraction of sp³-hybridized carbons (Fsp3) is 0.500. The molecule has 0 aliphatic rings. The van der Waals surface area contributed by atoms with E-state index in [2.05, 4.69) is 5.32 Å². The smallest absolute Gasteiger partial charge is 0.309 e. The van der Waals surface area contributed by atoms with Crippen LogP contribution >= 0.6 is 0 Å². The zero-order valence-electron chi connectivity index (χ0n) is 12.0. The fourth-order valence-electron chi connectivity index (χ4n) is 1.72. The molecule has 0 bridgehead atoms. The average molecular weight is 280 g/mol. The zero-order valence-corrected chi connectivity index (χ0v) is 12.0. The second-order valence-electron chi connectivity index (χ2n) is 5.48. The maximum absolute atomic E-state index is 10.9. The van der Waals surface area contributed by atoms with Crippen molar-refractivity contribution in [2.75, 3.05) is 6.54 Å². The van der Waals surface area contributed by atoms with Crippen LogP contribution in [0.5, 0.6) is 0 Å². The van der Waals surface area contributed by atoms with Gasteiger partial charge in [-0.05, 0) is 44.9 Å². The highest BCUT2D eigenvalue weighted by Crippen LogP contribution is 2.20. The van der Waals surface area contributed by atoms with E-state index in [1.165, 1.54) is 12.1 Å². The minimum absolute atomic E-state index is 0.0817. The van der Waals surface area contributed by atoms with Gasteiger partial charge in [-0.25, -0.2) is 0 Å². The number of aliphatic carboxylic acids is 1. The van der Waals surface area contributed by atoms with Crippen LogP contribution < -0.4 is 5.32 Å². The van der Waals surface area contributed by atoms with Gasteiger partial charge in [0.1, 0.15) is 0 Å². The number of nitro groups is 1. The Labute approximate surface area is 118 Å². The molecule has 0 unspecified atom stereocenters. The van der Waals surface area contributed by atoms with Crippen LogP contribution in [0.4, 0.5) is 5.69 Å². The number of nitro benzene ring substituents is 1. The third kappa shape index (κ3) is 4.31. The van der Waals surface area contributed by atoms with E-state index in [9.17, 15) is 14.9 Å². The maximum Gasteiger partial charge on any atom is 0.309 e. The number of hydrogen-bond donors (Lipinski definition) is 2. The van der Waals surface area contributed by atoms with E-state index in [1.807, 2.05) is 6.92 Å². The SMILES string of the molecule is Cc1cc([N+](=O)[O-])ccc1CNCCC(C)(C)C(=O)O. The highest BCUT2D eigenvalue weighted by molar-refractivity contribution is 5.73. The van der Waals surface area contributed by atoms with E-state index in [-0.39, 0.29) is 5.69 Å². The van der Waals surface area contributed by atoms with Gasteiger partial charge in [0.15, 0.2) is 0 Å². The summed E-state index contributed by atoms with van der Waals surface area (Å²) in [6.45, 7) is 6.35. The van der Waals surface area contributed by atoms with Crippen molar-refractivity contribution in [3.05, 3.63) is 39.4 Å². The normalized spacial score (nSPS) is 11.3. The molecule has 0 amide bonds. The van der Waals surface area contributed by atoms with Crippen molar-refractivity contribution < 1.29 is 14.8 Å². The molecular formula is C14H20N2O4. The molecule has 0 saturated heterocycles. The molecule has 6 nitrogen and oxygen atoms in total. The van der Waals surface area contributed by atoms with Crippen LogP contribution in [0.3, 0.4) is 0 Å². The molecule has 6 heteroatoms. The van der Waals surface area contributed by atoms with Gasteiger partial charge in [0.05, 0.1) is 10.3 Å². The number of aryl methyl sites for hydroxylation is 1. The maximum atomic E-state index is 10.9. The van der Waals surface area contributed by atoms with Crippen LogP contribution in [0.25, 0.3) is 0 Å². The summed E-state index contributed by atoms with van der Waals surface area (Å²) in [5.41, 5.74) is 1.16. The van der Waals surface area contributed by atoms with Crippen molar-refractivity contribution >= 4 is 11.7 Å². The number of rotatable bonds is 7. The lowest BCUT2D eigenvalue weighted by Crippen LogP contribution is -2.28. The van der Waals surface area contributed by atoms with Gasteiger partial charge >= 0.3 is 5.97 Å². The molecule has 0 saturated carbocycles. The minimum atomic E-state index is -0.814. The van der Waals surface area contributed by atoms with Crippen LogP contribution in [0.1, 0.15) is 31.4 Å². The number of benzene rings is 1. The number of nitrogens with zero attached hydrogens (tertiary/aromatic N) is 1. The van der Waals surface area contributed by atoms with Crippen molar-refractivity contribution in [3.63, 3.8) is 0 Å². The molecule has 0 aromatic heterocycles. The Bertz CT molecular complexity index is 512. The summed E-state index contributed by atoms with van der Waals surface area (Å²) in [6, 6.07) is 4.74. The minimum Gasteiger partial charge on any atom is -0.481 e. The van der Waals surface area contributed by atoms with Gasteiger partial charge in [-0.1, -0.05) is 6.07 Å². The number of carbonyl (C=O) groups is 1. The standard InChI is InChI=1S/C14H20N2O4/c1-10-8-12(16(19)20)5-4-11(10)9-15-7-6-14(2,3)13(17)18/h4-5,8,15H,6-7,9H2,1-3H3,(H,17,18). The van der Waals surface area contributed by atoms with Gasteiger partial charge in [0.2, 0.25) is 0 Å². The predicted octanol–water partition coefficient (Wildman–Crippen LogP) is 2.49. The Kier molecular flexibility index (Phi) is 5.21. The van der Waals surface area contributed by atoms with Crippen molar-refractivity contribution in [2.24, 2.45) is 5.41 Å². The van der Waals surface area contributed by atoms with Crippen LogP contribution in [0.15, 0.2) is 18.2 Å². The van der Waals surface area contributed by atoms with Crippen LogP contribution in [0.2, 0.25) is 0 Å². The van der Waals surface area contributed by atoms with E-state index < -0.39 is 16.3 Å². The molecule has 0 heterocycles. The van der Waals surface area contributed by atoms with Crippen molar-refractivity contribution in [1.29, 1.82) is 0 Å². The first-order valence-corrected chi connectivity index (χ1v) is 6.42. The Morgan fingerprint density at radius 1 is 1.45 bits per heavy atom. The Morgan fingerprint density at radius 3 is 2.60 bits per heavy atom. The molecule has 1 aromatic carbocycles. The highest BCUT2D eigenvalue weighted by Gasteiger charge is 2.26. The average Bonchev–Trinajstić information content (AvgIpc) is 2.35. The van der Waals surface area contributed by atoms with Crippen molar-refractivity contribution in [3.8, 4) is 0 Å². The van der Waals surface area contributed by atoms with Crippen LogP contribution in [-0.2, 0) is 11.3 Å². The molecule has 1 rings (SSSR count). The summed E-state index contributed by atoms with van der Waals surface area (Å²) in [5, 5.41) is 22.8. The Morgan fingerprint density at radius 2 is 2.10 bits per heavy atom. The molecule has 110 valence electrons. The number of nitrogens with one attached hydrogen (secondary N) is 1. The topological polar surface area (TPSA) is 92.5 Å². The molecule has 1 aromatic rings. The monoisotopic (exact) mass is 280 g/mol. The summed E-state index contributed by atoms with van der Waals surface area (Å²) < 4.78 is 0. The third-order valence-corrected chi connectivity index (χ3v) is 3.36. The lowest BCUT2D eigenvalue weighted by atomic mass is 9.90. The van der Waals surface area contributed by atoms with Gasteiger partial charge in [0.25, 0.3) is 5.69 Å². The molecular weight excluding hydrogens is 260 g/mol. The second kappa shape index (κ2) is 6.47. The fourth-order valence-corrected chi connectivity index (χ4v) is 1.72. The molecule has 0 atom stereocenters. The number of carboxylic acids is 1. The van der Waals surface area contributed by atoms with E-state index in [4.69, 9.17) is 5.11 Å². The van der Waals surface area contributed by atoms with Gasteiger partial charge < -0.3 is 10.4 Å². The highest BCUT2D eigenvalue weighted by atomic mass is 16.6. The zero-order chi connectivity index (χ0) is 15.3. The van der Waals surface area contributed by atoms with Crippen molar-refractivity contribution in [1.82, 2.24) is 5.32 Å². The summed E-state index contributed by atoms with van der Waals surface area (Å²) in [4.78, 5) is 21.2. The number of carboxylic acid groups (broad SMARTS) is 1. The van der Waals surface area contributed by atoms with E-state index in [0.717, 1.165) is 11.1 Å². The second-order valence-corrected chi connectivity index (χ2v) is 5.48. The molecule has 0 aliphatic carbocycles. The van der Waals surface area contributed by atoms with E-state index in [1.54, 1.807) is 19.9 Å². The largest absolute Gasteiger partial charge is 0.481 e. The Hall–Kier alpha value is -1.95. The summed E-state index contributed by atoms with van der Waals surface area (Å²) >= 11 is 0. The first-order chi connectivity index (χ1) is 9.24. The molecule has 0 fully saturated rings. The third-order valence-electron chi connectivity index (χ3n) is 3.36. The van der Waals surface area contributed by atoms with Gasteiger partial charge in [0, 0.05) is 18.7 Å². The van der Waals surface area contributed by atoms with Crippen LogP contribution in [-0.4, -0.2) is 22.5 Å². The number of non-ortho nitro benzene ring substituents is 1. The van der Waals surface area contributed by atoms with E-state index >= 15 is 0 Å². The van der Waals surface area contributed by atoms with Gasteiger partial charge in [-0.3, -0.25) is 14.9 Å². The Balaban J connectivity index is 2.51. The number of hydrogen-bond acceptors (Lipinski definition) is 4. The summed E-state index contributed by atoms with van der Waals surface area (Å²) in [6.07, 6.45) is 0.522. The quantitative estimate of drug-likeness (QED) is 0.455.